The molecule has 0 radical (unpaired) electrons. The molecule has 2 aliphatic rings. The van der Waals surface area contributed by atoms with E-state index in [1.54, 1.807) is 0 Å². The zero-order valence-electron chi connectivity index (χ0n) is 11.0. The molecule has 0 heterocycles. The van der Waals surface area contributed by atoms with Crippen LogP contribution in [0.25, 0.3) is 0 Å². The van der Waals surface area contributed by atoms with Crippen molar-refractivity contribution < 1.29 is 0 Å². The molecule has 0 saturated heterocycles. The lowest BCUT2D eigenvalue weighted by Crippen LogP contribution is -2.44. The van der Waals surface area contributed by atoms with Crippen molar-refractivity contribution in [2.24, 2.45) is 17.1 Å². The van der Waals surface area contributed by atoms with Crippen LogP contribution in [0.15, 0.2) is 0 Å². The first-order valence-corrected chi connectivity index (χ1v) is 7.14. The fourth-order valence-corrected chi connectivity index (χ4v) is 3.18. The first-order chi connectivity index (χ1) is 8.28. The first kappa shape index (κ1) is 12.9. The van der Waals surface area contributed by atoms with Gasteiger partial charge in [0.1, 0.15) is 0 Å². The number of nitrogens with zero attached hydrogens (tertiary/aromatic N) is 1. The van der Waals surface area contributed by atoms with E-state index in [0.29, 0.717) is 5.41 Å². The second-order valence-electron chi connectivity index (χ2n) is 6.08. The van der Waals surface area contributed by atoms with Gasteiger partial charge in [-0.1, -0.05) is 25.2 Å². The summed E-state index contributed by atoms with van der Waals surface area (Å²) in [4.78, 5) is 2.48. The molecular weight excluding hydrogens is 208 g/mol. The van der Waals surface area contributed by atoms with Gasteiger partial charge in [0, 0.05) is 13.1 Å². The molecule has 0 amide bonds. The van der Waals surface area contributed by atoms with Gasteiger partial charge >= 0.3 is 0 Å². The number of rotatable bonds is 6. The van der Waals surface area contributed by atoms with Crippen LogP contribution in [-0.2, 0) is 0 Å². The molecule has 2 saturated carbocycles. The zero-order valence-corrected chi connectivity index (χ0v) is 11.0. The second-order valence-corrected chi connectivity index (χ2v) is 6.08. The van der Waals surface area contributed by atoms with Crippen molar-refractivity contribution in [2.45, 2.75) is 44.9 Å². The standard InChI is InChI=1S/C15H26N2/c1-2-10-17(11-14-6-7-14)13-15(12-16)8-4-3-5-9-15/h1,14H,3-13,16H2. The van der Waals surface area contributed by atoms with E-state index in [4.69, 9.17) is 12.2 Å². The summed E-state index contributed by atoms with van der Waals surface area (Å²) in [5.41, 5.74) is 6.42. The van der Waals surface area contributed by atoms with Crippen LogP contribution < -0.4 is 5.73 Å². The molecule has 96 valence electrons. The van der Waals surface area contributed by atoms with Crippen LogP contribution in [0.2, 0.25) is 0 Å². The molecule has 17 heavy (non-hydrogen) atoms. The Kier molecular flexibility index (Phi) is 4.48. The van der Waals surface area contributed by atoms with Gasteiger partial charge in [0.2, 0.25) is 0 Å². The maximum absolute atomic E-state index is 6.05. The lowest BCUT2D eigenvalue weighted by molar-refractivity contribution is 0.117. The minimum atomic E-state index is 0.365. The summed E-state index contributed by atoms with van der Waals surface area (Å²) in [6.07, 6.45) is 15.0. The largest absolute Gasteiger partial charge is 0.330 e. The smallest absolute Gasteiger partial charge is 0.0599 e. The number of hydrogen-bond acceptors (Lipinski definition) is 2. The summed E-state index contributed by atoms with van der Waals surface area (Å²) >= 11 is 0. The predicted molar refractivity (Wildman–Crippen MR) is 72.6 cm³/mol. The molecule has 0 aliphatic heterocycles. The van der Waals surface area contributed by atoms with Crippen molar-refractivity contribution >= 4 is 0 Å². The molecule has 0 spiro atoms. The highest BCUT2D eigenvalue weighted by molar-refractivity contribution is 4.94. The molecule has 0 bridgehead atoms. The van der Waals surface area contributed by atoms with Gasteiger partial charge in [0.05, 0.1) is 6.54 Å². The molecule has 2 fully saturated rings. The van der Waals surface area contributed by atoms with E-state index in [0.717, 1.165) is 25.6 Å². The lowest BCUT2D eigenvalue weighted by atomic mass is 9.73. The van der Waals surface area contributed by atoms with Crippen LogP contribution in [0.4, 0.5) is 0 Å². The predicted octanol–water partition coefficient (Wildman–Crippen LogP) is 2.24. The van der Waals surface area contributed by atoms with Gasteiger partial charge in [-0.25, -0.2) is 0 Å². The molecule has 2 aliphatic carbocycles. The summed E-state index contributed by atoms with van der Waals surface area (Å²) in [5.74, 6) is 3.74. The molecule has 2 N–H and O–H groups in total. The summed E-state index contributed by atoms with van der Waals surface area (Å²) in [5, 5.41) is 0. The van der Waals surface area contributed by atoms with Crippen molar-refractivity contribution in [3.63, 3.8) is 0 Å². The fraction of sp³-hybridized carbons (Fsp3) is 0.867. The molecule has 0 aromatic carbocycles. The molecule has 0 aromatic rings. The zero-order chi connectivity index (χ0) is 12.1. The minimum absolute atomic E-state index is 0.365. The third-order valence-electron chi connectivity index (χ3n) is 4.43. The summed E-state index contributed by atoms with van der Waals surface area (Å²) in [7, 11) is 0. The molecular formula is C15H26N2. The van der Waals surface area contributed by atoms with Crippen molar-refractivity contribution in [3.05, 3.63) is 0 Å². The minimum Gasteiger partial charge on any atom is -0.330 e. The Morgan fingerprint density at radius 2 is 1.94 bits per heavy atom. The van der Waals surface area contributed by atoms with Crippen LogP contribution in [-0.4, -0.2) is 31.1 Å². The Hall–Kier alpha value is -0.520. The molecule has 0 unspecified atom stereocenters. The van der Waals surface area contributed by atoms with Gasteiger partial charge in [0.25, 0.3) is 0 Å². The molecule has 2 heteroatoms. The fourth-order valence-electron chi connectivity index (χ4n) is 3.18. The number of terminal acetylenes is 1. The molecule has 0 atom stereocenters. The van der Waals surface area contributed by atoms with Crippen LogP contribution >= 0.6 is 0 Å². The topological polar surface area (TPSA) is 29.3 Å². The van der Waals surface area contributed by atoms with E-state index < -0.39 is 0 Å². The van der Waals surface area contributed by atoms with Crippen LogP contribution in [0.1, 0.15) is 44.9 Å². The lowest BCUT2D eigenvalue weighted by Gasteiger charge is -2.40. The van der Waals surface area contributed by atoms with E-state index in [-0.39, 0.29) is 0 Å². The maximum atomic E-state index is 6.05. The van der Waals surface area contributed by atoms with Gasteiger partial charge in [-0.3, -0.25) is 4.90 Å². The third kappa shape index (κ3) is 3.72. The summed E-state index contributed by atoms with van der Waals surface area (Å²) in [6.45, 7) is 3.97. The molecule has 2 rings (SSSR count). The van der Waals surface area contributed by atoms with Crippen molar-refractivity contribution in [2.75, 3.05) is 26.2 Å². The summed E-state index contributed by atoms with van der Waals surface area (Å²) < 4.78 is 0. The van der Waals surface area contributed by atoms with E-state index in [1.807, 2.05) is 0 Å². The first-order valence-electron chi connectivity index (χ1n) is 7.14. The molecule has 2 nitrogen and oxygen atoms in total. The van der Waals surface area contributed by atoms with Crippen LogP contribution in [0, 0.1) is 23.7 Å². The SMILES string of the molecule is C#CCN(CC1CC1)CC1(CN)CCCCC1. The van der Waals surface area contributed by atoms with Crippen LogP contribution in [0.5, 0.6) is 0 Å². The van der Waals surface area contributed by atoms with E-state index >= 15 is 0 Å². The van der Waals surface area contributed by atoms with Crippen molar-refractivity contribution in [3.8, 4) is 12.3 Å². The highest BCUT2D eigenvalue weighted by atomic mass is 15.1. The Bertz CT molecular complexity index is 269. The highest BCUT2D eigenvalue weighted by Crippen LogP contribution is 2.37. The van der Waals surface area contributed by atoms with Gasteiger partial charge < -0.3 is 5.73 Å². The van der Waals surface area contributed by atoms with E-state index in [9.17, 15) is 0 Å². The average molecular weight is 234 g/mol. The quantitative estimate of drug-likeness (QED) is 0.714. The van der Waals surface area contributed by atoms with Crippen LogP contribution in [0.3, 0.4) is 0 Å². The van der Waals surface area contributed by atoms with Gasteiger partial charge in [-0.05, 0) is 43.6 Å². The second kappa shape index (κ2) is 5.89. The summed E-state index contributed by atoms with van der Waals surface area (Å²) in [6, 6.07) is 0. The third-order valence-corrected chi connectivity index (χ3v) is 4.43. The highest BCUT2D eigenvalue weighted by Gasteiger charge is 2.34. The monoisotopic (exact) mass is 234 g/mol. The number of hydrogen-bond donors (Lipinski definition) is 1. The Morgan fingerprint density at radius 3 is 2.47 bits per heavy atom. The molecule has 0 aromatic heterocycles. The van der Waals surface area contributed by atoms with Gasteiger partial charge in [-0.2, -0.15) is 0 Å². The Balaban J connectivity index is 1.90. The average Bonchev–Trinajstić information content (AvgIpc) is 3.14. The van der Waals surface area contributed by atoms with E-state index in [1.165, 1.54) is 51.5 Å². The Morgan fingerprint density at radius 1 is 1.24 bits per heavy atom. The van der Waals surface area contributed by atoms with Crippen molar-refractivity contribution in [1.82, 2.24) is 4.90 Å². The van der Waals surface area contributed by atoms with E-state index in [2.05, 4.69) is 10.8 Å². The normalized spacial score (nSPS) is 23.6. The maximum Gasteiger partial charge on any atom is 0.0599 e. The Labute approximate surface area is 106 Å². The van der Waals surface area contributed by atoms with Crippen molar-refractivity contribution in [1.29, 1.82) is 0 Å². The van der Waals surface area contributed by atoms with Gasteiger partial charge in [0.15, 0.2) is 0 Å². The number of nitrogens with two attached hydrogens (primary N) is 1. The van der Waals surface area contributed by atoms with Gasteiger partial charge in [-0.15, -0.1) is 6.42 Å².